The van der Waals surface area contributed by atoms with Crippen LogP contribution < -0.4 is 5.32 Å². The van der Waals surface area contributed by atoms with Crippen molar-refractivity contribution in [2.75, 3.05) is 6.54 Å². The molecule has 2 rings (SSSR count). The number of rotatable bonds is 4. The molecule has 1 aromatic rings. The number of carbonyl (C=O) groups excluding carboxylic acids is 2. The molecule has 1 aromatic carbocycles. The van der Waals surface area contributed by atoms with E-state index in [1.807, 2.05) is 25.1 Å². The van der Waals surface area contributed by atoms with Gasteiger partial charge in [-0.05, 0) is 32.3 Å². The Morgan fingerprint density at radius 3 is 2.68 bits per heavy atom. The van der Waals surface area contributed by atoms with E-state index < -0.39 is 6.04 Å². The molecular weight excluding hydrogens is 240 g/mol. The summed E-state index contributed by atoms with van der Waals surface area (Å²) in [5, 5.41) is 2.66. The molecule has 1 fully saturated rings. The van der Waals surface area contributed by atoms with Gasteiger partial charge in [-0.15, -0.1) is 0 Å². The smallest absolute Gasteiger partial charge is 0.245 e. The van der Waals surface area contributed by atoms with Crippen molar-refractivity contribution in [2.45, 2.75) is 38.8 Å². The van der Waals surface area contributed by atoms with Gasteiger partial charge in [-0.2, -0.15) is 0 Å². The van der Waals surface area contributed by atoms with Crippen LogP contribution in [-0.4, -0.2) is 35.3 Å². The van der Waals surface area contributed by atoms with Crippen molar-refractivity contribution in [3.8, 4) is 0 Å². The topological polar surface area (TPSA) is 49.4 Å². The highest BCUT2D eigenvalue weighted by atomic mass is 16.2. The largest absolute Gasteiger partial charge is 0.343 e. The van der Waals surface area contributed by atoms with Crippen LogP contribution in [0.5, 0.6) is 0 Å². The summed E-state index contributed by atoms with van der Waals surface area (Å²) in [5.41, 5.74) is 1.26. The summed E-state index contributed by atoms with van der Waals surface area (Å²) >= 11 is 0. The monoisotopic (exact) mass is 260 g/mol. The molecule has 1 aliphatic rings. The van der Waals surface area contributed by atoms with E-state index in [2.05, 4.69) is 17.4 Å². The molecule has 0 aromatic heterocycles. The third-order valence-corrected chi connectivity index (χ3v) is 3.57. The van der Waals surface area contributed by atoms with Crippen LogP contribution in [0.15, 0.2) is 30.3 Å². The number of piperazine rings is 1. The first kappa shape index (κ1) is 13.6. The van der Waals surface area contributed by atoms with Crippen LogP contribution in [0, 0.1) is 0 Å². The van der Waals surface area contributed by atoms with Crippen molar-refractivity contribution in [2.24, 2.45) is 0 Å². The van der Waals surface area contributed by atoms with Crippen LogP contribution in [-0.2, 0) is 16.0 Å². The number of amides is 2. The predicted octanol–water partition coefficient (Wildman–Crippen LogP) is 1.35. The van der Waals surface area contributed by atoms with Crippen LogP contribution >= 0.6 is 0 Å². The zero-order chi connectivity index (χ0) is 13.8. The number of nitrogens with one attached hydrogen (secondary N) is 1. The highest BCUT2D eigenvalue weighted by molar-refractivity contribution is 5.94. The van der Waals surface area contributed by atoms with Crippen molar-refractivity contribution in [1.82, 2.24) is 10.2 Å². The average Bonchev–Trinajstić information content (AvgIpc) is 2.41. The Kier molecular flexibility index (Phi) is 4.20. The summed E-state index contributed by atoms with van der Waals surface area (Å²) in [6, 6.07) is 9.87. The van der Waals surface area contributed by atoms with Gasteiger partial charge in [-0.1, -0.05) is 30.3 Å². The van der Waals surface area contributed by atoms with E-state index in [4.69, 9.17) is 0 Å². The Morgan fingerprint density at radius 1 is 1.32 bits per heavy atom. The second kappa shape index (κ2) is 5.87. The summed E-state index contributed by atoms with van der Waals surface area (Å²) in [5.74, 6) is -0.0566. The van der Waals surface area contributed by atoms with Gasteiger partial charge in [0.25, 0.3) is 0 Å². The summed E-state index contributed by atoms with van der Waals surface area (Å²) < 4.78 is 0. The van der Waals surface area contributed by atoms with Gasteiger partial charge >= 0.3 is 0 Å². The average molecular weight is 260 g/mol. The minimum absolute atomic E-state index is 0.0140. The van der Waals surface area contributed by atoms with E-state index >= 15 is 0 Å². The lowest BCUT2D eigenvalue weighted by Crippen LogP contribution is -2.59. The highest BCUT2D eigenvalue weighted by Gasteiger charge is 2.32. The summed E-state index contributed by atoms with van der Waals surface area (Å²) in [6.45, 7) is 3.92. The molecule has 0 radical (unpaired) electrons. The van der Waals surface area contributed by atoms with Gasteiger partial charge in [-0.3, -0.25) is 9.59 Å². The molecule has 0 spiro atoms. The van der Waals surface area contributed by atoms with Crippen LogP contribution in [0.2, 0.25) is 0 Å². The Bertz CT molecular complexity index is 458. The van der Waals surface area contributed by atoms with Gasteiger partial charge in [0.1, 0.15) is 6.04 Å². The van der Waals surface area contributed by atoms with Crippen molar-refractivity contribution >= 4 is 11.8 Å². The lowest BCUT2D eigenvalue weighted by Gasteiger charge is -2.35. The fourth-order valence-electron chi connectivity index (χ4n) is 2.38. The zero-order valence-corrected chi connectivity index (χ0v) is 11.4. The molecule has 4 heteroatoms. The molecule has 19 heavy (non-hydrogen) atoms. The van der Waals surface area contributed by atoms with E-state index in [0.717, 1.165) is 12.8 Å². The first-order valence-electron chi connectivity index (χ1n) is 6.71. The first-order chi connectivity index (χ1) is 9.08. The number of hydrogen-bond acceptors (Lipinski definition) is 2. The van der Waals surface area contributed by atoms with Crippen LogP contribution in [0.25, 0.3) is 0 Å². The Labute approximate surface area is 113 Å². The molecule has 0 bridgehead atoms. The highest BCUT2D eigenvalue weighted by Crippen LogP contribution is 2.13. The molecule has 2 unspecified atom stereocenters. The molecule has 2 atom stereocenters. The maximum atomic E-state index is 12.0. The summed E-state index contributed by atoms with van der Waals surface area (Å²) in [4.78, 5) is 25.2. The number of aryl methyl sites for hydroxylation is 1. The number of nitrogens with zero attached hydrogens (tertiary/aromatic N) is 1. The van der Waals surface area contributed by atoms with Crippen LogP contribution in [0.4, 0.5) is 0 Å². The molecule has 1 heterocycles. The molecule has 4 nitrogen and oxygen atoms in total. The van der Waals surface area contributed by atoms with E-state index in [1.165, 1.54) is 5.56 Å². The van der Waals surface area contributed by atoms with E-state index in [0.29, 0.717) is 0 Å². The third-order valence-electron chi connectivity index (χ3n) is 3.57. The van der Waals surface area contributed by atoms with E-state index in [9.17, 15) is 9.59 Å². The standard InChI is InChI=1S/C15H20N2O2/c1-11(8-9-13-6-4-3-5-7-13)17-10-14(18)16-12(2)15(17)19/h3-7,11-12H,8-10H2,1-2H3,(H,16,18). The van der Waals surface area contributed by atoms with Crippen LogP contribution in [0.3, 0.4) is 0 Å². The predicted molar refractivity (Wildman–Crippen MR) is 73.5 cm³/mol. The van der Waals surface area contributed by atoms with Crippen molar-refractivity contribution in [3.63, 3.8) is 0 Å². The number of hydrogen-bond donors (Lipinski definition) is 1. The van der Waals surface area contributed by atoms with Gasteiger partial charge in [0.05, 0.1) is 6.54 Å². The van der Waals surface area contributed by atoms with Crippen LogP contribution in [0.1, 0.15) is 25.8 Å². The Morgan fingerprint density at radius 2 is 2.00 bits per heavy atom. The van der Waals surface area contributed by atoms with Crippen molar-refractivity contribution in [3.05, 3.63) is 35.9 Å². The molecule has 0 saturated carbocycles. The fraction of sp³-hybridized carbons (Fsp3) is 0.467. The first-order valence-corrected chi connectivity index (χ1v) is 6.71. The normalized spacial score (nSPS) is 21.2. The molecule has 1 aliphatic heterocycles. The molecule has 102 valence electrons. The minimum atomic E-state index is -0.402. The summed E-state index contributed by atoms with van der Waals surface area (Å²) in [6.07, 6.45) is 1.79. The van der Waals surface area contributed by atoms with Gasteiger partial charge in [0, 0.05) is 6.04 Å². The Balaban J connectivity index is 1.93. The Hall–Kier alpha value is -1.84. The third kappa shape index (κ3) is 3.34. The van der Waals surface area contributed by atoms with Gasteiger partial charge in [-0.25, -0.2) is 0 Å². The lowest BCUT2D eigenvalue weighted by molar-refractivity contribution is -0.145. The van der Waals surface area contributed by atoms with Gasteiger partial charge in [0.2, 0.25) is 11.8 Å². The van der Waals surface area contributed by atoms with Gasteiger partial charge in [0.15, 0.2) is 0 Å². The zero-order valence-electron chi connectivity index (χ0n) is 11.4. The molecular formula is C15H20N2O2. The maximum absolute atomic E-state index is 12.0. The fourth-order valence-corrected chi connectivity index (χ4v) is 2.38. The van der Waals surface area contributed by atoms with E-state index in [-0.39, 0.29) is 24.4 Å². The lowest BCUT2D eigenvalue weighted by atomic mass is 10.0. The van der Waals surface area contributed by atoms with Gasteiger partial charge < -0.3 is 10.2 Å². The second-order valence-electron chi connectivity index (χ2n) is 5.13. The second-order valence-corrected chi connectivity index (χ2v) is 5.13. The maximum Gasteiger partial charge on any atom is 0.245 e. The molecule has 1 saturated heterocycles. The molecule has 0 aliphatic carbocycles. The number of benzene rings is 1. The van der Waals surface area contributed by atoms with Crippen molar-refractivity contribution in [1.29, 1.82) is 0 Å². The summed E-state index contributed by atoms with van der Waals surface area (Å²) in [7, 11) is 0. The quantitative estimate of drug-likeness (QED) is 0.888. The number of carbonyl (C=O) groups is 2. The van der Waals surface area contributed by atoms with Crippen molar-refractivity contribution < 1.29 is 9.59 Å². The van der Waals surface area contributed by atoms with E-state index in [1.54, 1.807) is 11.8 Å². The minimum Gasteiger partial charge on any atom is -0.343 e. The molecule has 2 amide bonds. The molecule has 1 N–H and O–H groups in total. The SMILES string of the molecule is CC1NC(=O)CN(C(C)CCc2ccccc2)C1=O.